The normalized spacial score (nSPS) is 12.6. The maximum absolute atomic E-state index is 13.0. The van der Waals surface area contributed by atoms with E-state index in [0.717, 1.165) is 22.7 Å². The van der Waals surface area contributed by atoms with Crippen molar-refractivity contribution < 1.29 is 31.1 Å². The minimum absolute atomic E-state index is 0.0206. The summed E-state index contributed by atoms with van der Waals surface area (Å²) in [6.07, 6.45) is -7.22. The molecule has 0 aliphatic carbocycles. The summed E-state index contributed by atoms with van der Waals surface area (Å²) in [5.41, 5.74) is 0.545. The molecular weight excluding hydrogens is 420 g/mol. The van der Waals surface area contributed by atoms with E-state index < -0.39 is 24.1 Å². The van der Waals surface area contributed by atoms with Gasteiger partial charge in [-0.25, -0.2) is 4.98 Å². The number of alkyl halides is 6. The van der Waals surface area contributed by atoms with Crippen LogP contribution in [-0.4, -0.2) is 20.7 Å². The topological polar surface area (TPSA) is 39.4 Å². The molecule has 0 saturated carbocycles. The Labute approximate surface area is 144 Å². The third kappa shape index (κ3) is 3.70. The zero-order valence-electron chi connectivity index (χ0n) is 11.9. The standard InChI is InChI=1S/C14H6BrF6N3O/c15-11-10-5-22-9(6-24(10)12(23-11)13(16,17)18)7-1-3-8(4-2-7)25-14(19,20)21/h1-6H. The zero-order valence-corrected chi connectivity index (χ0v) is 13.4. The van der Waals surface area contributed by atoms with Gasteiger partial charge < -0.3 is 4.74 Å². The van der Waals surface area contributed by atoms with Crippen molar-refractivity contribution in [2.45, 2.75) is 12.5 Å². The molecule has 0 bridgehead atoms. The molecule has 3 rings (SSSR count). The highest BCUT2D eigenvalue weighted by Crippen LogP contribution is 2.33. The van der Waals surface area contributed by atoms with E-state index in [2.05, 4.69) is 30.6 Å². The average Bonchev–Trinajstić information content (AvgIpc) is 2.83. The molecule has 1 aromatic carbocycles. The SMILES string of the molecule is FC(F)(F)Oc1ccc(-c2cn3c(C(F)(F)F)nc(Br)c3cn2)cc1. The van der Waals surface area contributed by atoms with Crippen LogP contribution in [0.1, 0.15) is 5.82 Å². The largest absolute Gasteiger partial charge is 0.573 e. The summed E-state index contributed by atoms with van der Waals surface area (Å²) in [4.78, 5) is 7.44. The van der Waals surface area contributed by atoms with E-state index in [-0.39, 0.29) is 15.8 Å². The van der Waals surface area contributed by atoms with Crippen molar-refractivity contribution in [2.75, 3.05) is 0 Å². The van der Waals surface area contributed by atoms with Crippen molar-refractivity contribution in [3.05, 3.63) is 47.1 Å². The second kappa shape index (κ2) is 5.90. The maximum atomic E-state index is 13.0. The van der Waals surface area contributed by atoms with Crippen molar-refractivity contribution >= 4 is 21.4 Å². The van der Waals surface area contributed by atoms with Crippen LogP contribution in [-0.2, 0) is 6.18 Å². The van der Waals surface area contributed by atoms with Gasteiger partial charge in [-0.15, -0.1) is 13.2 Å². The zero-order chi connectivity index (χ0) is 18.4. The van der Waals surface area contributed by atoms with E-state index >= 15 is 0 Å². The van der Waals surface area contributed by atoms with E-state index in [1.165, 1.54) is 18.3 Å². The minimum atomic E-state index is -4.83. The van der Waals surface area contributed by atoms with Gasteiger partial charge in [0.2, 0.25) is 5.82 Å². The fraction of sp³-hybridized carbons (Fsp3) is 0.143. The summed E-state index contributed by atoms with van der Waals surface area (Å²) in [7, 11) is 0. The molecule has 11 heteroatoms. The Hall–Kier alpha value is -2.30. The van der Waals surface area contributed by atoms with Crippen LogP contribution in [0.4, 0.5) is 26.3 Å². The Kier molecular flexibility index (Phi) is 4.13. The van der Waals surface area contributed by atoms with Crippen LogP contribution in [0.25, 0.3) is 16.8 Å². The second-order valence-corrected chi connectivity index (χ2v) is 5.58. The van der Waals surface area contributed by atoms with Gasteiger partial charge in [0.15, 0.2) is 0 Å². The highest BCUT2D eigenvalue weighted by atomic mass is 79.9. The molecule has 2 heterocycles. The smallest absolute Gasteiger partial charge is 0.406 e. The molecule has 0 aliphatic rings. The Morgan fingerprint density at radius 3 is 2.20 bits per heavy atom. The van der Waals surface area contributed by atoms with E-state index in [4.69, 9.17) is 0 Å². The maximum Gasteiger partial charge on any atom is 0.573 e. The van der Waals surface area contributed by atoms with E-state index in [0.29, 0.717) is 5.56 Å². The third-order valence-electron chi connectivity index (χ3n) is 3.12. The van der Waals surface area contributed by atoms with Gasteiger partial charge >= 0.3 is 12.5 Å². The first-order chi connectivity index (χ1) is 11.5. The summed E-state index contributed by atoms with van der Waals surface area (Å²) >= 11 is 2.93. The van der Waals surface area contributed by atoms with Crippen molar-refractivity contribution in [2.24, 2.45) is 0 Å². The van der Waals surface area contributed by atoms with Gasteiger partial charge in [0.25, 0.3) is 0 Å². The molecule has 0 atom stereocenters. The number of rotatable bonds is 2. The van der Waals surface area contributed by atoms with Crippen LogP contribution in [0.3, 0.4) is 0 Å². The average molecular weight is 426 g/mol. The second-order valence-electron chi connectivity index (χ2n) is 4.82. The molecule has 132 valence electrons. The Bertz CT molecular complexity index is 917. The summed E-state index contributed by atoms with van der Waals surface area (Å²) in [6, 6.07) is 4.61. The van der Waals surface area contributed by atoms with Crippen LogP contribution in [0.15, 0.2) is 41.3 Å². The molecular formula is C14H6BrF6N3O. The molecule has 3 aromatic rings. The summed E-state index contributed by atoms with van der Waals surface area (Å²) in [5.74, 6) is -1.59. The molecule has 0 aliphatic heterocycles. The quantitative estimate of drug-likeness (QED) is 0.537. The molecule has 0 N–H and O–H groups in total. The lowest BCUT2D eigenvalue weighted by atomic mass is 10.1. The first-order valence-corrected chi connectivity index (χ1v) is 7.31. The number of halogens is 7. The van der Waals surface area contributed by atoms with E-state index in [1.807, 2.05) is 0 Å². The molecule has 0 saturated heterocycles. The fourth-order valence-electron chi connectivity index (χ4n) is 2.13. The van der Waals surface area contributed by atoms with Gasteiger partial charge in [-0.3, -0.25) is 9.38 Å². The first-order valence-electron chi connectivity index (χ1n) is 6.51. The monoisotopic (exact) mass is 425 g/mol. The van der Waals surface area contributed by atoms with Crippen molar-refractivity contribution in [3.63, 3.8) is 0 Å². The van der Waals surface area contributed by atoms with Gasteiger partial charge in [0.1, 0.15) is 10.4 Å². The number of ether oxygens (including phenoxy) is 1. The van der Waals surface area contributed by atoms with Crippen LogP contribution in [0.5, 0.6) is 5.75 Å². The Morgan fingerprint density at radius 2 is 1.64 bits per heavy atom. The van der Waals surface area contributed by atoms with Crippen LogP contribution >= 0.6 is 15.9 Å². The number of fused-ring (bicyclic) bond motifs is 1. The highest BCUT2D eigenvalue weighted by molar-refractivity contribution is 9.10. The predicted molar refractivity (Wildman–Crippen MR) is 77.8 cm³/mol. The molecule has 0 fully saturated rings. The van der Waals surface area contributed by atoms with Gasteiger partial charge in [0.05, 0.1) is 17.4 Å². The van der Waals surface area contributed by atoms with E-state index in [9.17, 15) is 26.3 Å². The minimum Gasteiger partial charge on any atom is -0.406 e. The molecule has 0 unspecified atom stereocenters. The lowest BCUT2D eigenvalue weighted by molar-refractivity contribution is -0.274. The first kappa shape index (κ1) is 17.5. The number of imidazole rings is 1. The number of benzene rings is 1. The van der Waals surface area contributed by atoms with Gasteiger partial charge in [-0.05, 0) is 40.2 Å². The van der Waals surface area contributed by atoms with Gasteiger partial charge in [-0.1, -0.05) is 0 Å². The fourth-order valence-corrected chi connectivity index (χ4v) is 2.59. The molecule has 0 radical (unpaired) electrons. The van der Waals surface area contributed by atoms with Crippen molar-refractivity contribution in [1.82, 2.24) is 14.4 Å². The van der Waals surface area contributed by atoms with Gasteiger partial charge in [-0.2, -0.15) is 13.2 Å². The Morgan fingerprint density at radius 1 is 1.00 bits per heavy atom. The van der Waals surface area contributed by atoms with Crippen molar-refractivity contribution in [3.8, 4) is 17.0 Å². The lowest BCUT2D eigenvalue weighted by Crippen LogP contribution is -2.16. The molecule has 4 nitrogen and oxygen atoms in total. The lowest BCUT2D eigenvalue weighted by Gasteiger charge is -2.10. The molecule has 0 amide bonds. The van der Waals surface area contributed by atoms with E-state index in [1.54, 1.807) is 0 Å². The summed E-state index contributed by atoms with van der Waals surface area (Å²) in [6.45, 7) is 0. The van der Waals surface area contributed by atoms with Crippen LogP contribution in [0, 0.1) is 0 Å². The molecule has 25 heavy (non-hydrogen) atoms. The number of nitrogens with zero attached hydrogens (tertiary/aromatic N) is 3. The number of aromatic nitrogens is 3. The third-order valence-corrected chi connectivity index (χ3v) is 3.70. The number of hydrogen-bond donors (Lipinski definition) is 0. The predicted octanol–water partition coefficient (Wildman–Crippen LogP) is 5.08. The summed E-state index contributed by atoms with van der Waals surface area (Å²) < 4.78 is 80.0. The molecule has 2 aromatic heterocycles. The van der Waals surface area contributed by atoms with Crippen LogP contribution in [0.2, 0.25) is 0 Å². The van der Waals surface area contributed by atoms with Crippen molar-refractivity contribution in [1.29, 1.82) is 0 Å². The van der Waals surface area contributed by atoms with Crippen LogP contribution < -0.4 is 4.74 Å². The molecule has 0 spiro atoms. The highest BCUT2D eigenvalue weighted by Gasteiger charge is 2.37. The van der Waals surface area contributed by atoms with Gasteiger partial charge in [0, 0.05) is 11.8 Å². The summed E-state index contributed by atoms with van der Waals surface area (Å²) in [5, 5.41) is 0. The Balaban J connectivity index is 2.02. The number of hydrogen-bond acceptors (Lipinski definition) is 3.